The number of aromatic nitrogens is 1. The van der Waals surface area contributed by atoms with E-state index in [1.165, 1.54) is 16.7 Å². The van der Waals surface area contributed by atoms with Crippen molar-refractivity contribution in [2.45, 2.75) is 32.7 Å². The van der Waals surface area contributed by atoms with Crippen molar-refractivity contribution in [2.24, 2.45) is 0 Å². The lowest BCUT2D eigenvalue weighted by atomic mass is 10.0. The minimum absolute atomic E-state index is 0.0870. The summed E-state index contributed by atoms with van der Waals surface area (Å²) in [6.45, 7) is 6.14. The molecule has 3 rings (SSSR count). The molecule has 7 heteroatoms. The molecule has 0 radical (unpaired) electrons. The molecule has 1 saturated heterocycles. The largest absolute Gasteiger partial charge is 0.369 e. The van der Waals surface area contributed by atoms with Gasteiger partial charge in [0.15, 0.2) is 6.35 Å². The average Bonchev–Trinajstić information content (AvgIpc) is 2.68. The Kier molecular flexibility index (Phi) is 6.59. The van der Waals surface area contributed by atoms with Crippen molar-refractivity contribution in [3.05, 3.63) is 59.7 Å². The number of benzene rings is 1. The van der Waals surface area contributed by atoms with Crippen molar-refractivity contribution in [1.29, 1.82) is 0 Å². The van der Waals surface area contributed by atoms with Gasteiger partial charge in [-0.25, -0.2) is 4.39 Å². The van der Waals surface area contributed by atoms with Crippen LogP contribution in [0.5, 0.6) is 0 Å². The normalized spacial score (nSPS) is 19.7. The van der Waals surface area contributed by atoms with E-state index in [-0.39, 0.29) is 12.3 Å². The minimum atomic E-state index is -0.602. The lowest BCUT2D eigenvalue weighted by Crippen LogP contribution is -2.55. The summed E-state index contributed by atoms with van der Waals surface area (Å²) >= 11 is 0. The molecule has 6 nitrogen and oxygen atoms in total. The second kappa shape index (κ2) is 9.12. The first-order chi connectivity index (χ1) is 13.5. The van der Waals surface area contributed by atoms with Gasteiger partial charge in [0.2, 0.25) is 5.91 Å². The van der Waals surface area contributed by atoms with Gasteiger partial charge >= 0.3 is 0 Å². The number of pyridine rings is 1. The monoisotopic (exact) mass is 386 g/mol. The highest BCUT2D eigenvalue weighted by Crippen LogP contribution is 2.25. The van der Waals surface area contributed by atoms with E-state index in [9.17, 15) is 9.18 Å². The van der Waals surface area contributed by atoms with Crippen molar-refractivity contribution in [2.75, 3.05) is 31.6 Å². The lowest BCUT2D eigenvalue weighted by Gasteiger charge is -2.38. The standard InChI is InChI=1S/C21H27FN4O2/c1-4-26(16-7-5-6-15(2)12-16)10-11-28-21-24-19(13-20(27)25(21)3)17-8-9-23-14-18(17)22/h5-9,12,14,19,21,24H,4,10-11,13H2,1-3H3. The Labute approximate surface area is 165 Å². The average molecular weight is 386 g/mol. The third-order valence-corrected chi connectivity index (χ3v) is 5.03. The number of hydrogen-bond acceptors (Lipinski definition) is 5. The Bertz CT molecular complexity index is 816. The maximum atomic E-state index is 14.1. The van der Waals surface area contributed by atoms with Crippen molar-refractivity contribution in [3.63, 3.8) is 0 Å². The second-order valence-corrected chi connectivity index (χ2v) is 6.97. The fraction of sp³-hybridized carbons (Fsp3) is 0.429. The van der Waals surface area contributed by atoms with E-state index in [1.54, 1.807) is 13.1 Å². The first-order valence-electron chi connectivity index (χ1n) is 9.54. The molecule has 0 aliphatic carbocycles. The Morgan fingerprint density at radius 3 is 2.93 bits per heavy atom. The van der Waals surface area contributed by atoms with Gasteiger partial charge in [-0.05, 0) is 37.6 Å². The fourth-order valence-electron chi connectivity index (χ4n) is 3.39. The first-order valence-corrected chi connectivity index (χ1v) is 9.54. The van der Waals surface area contributed by atoms with E-state index >= 15 is 0 Å². The molecule has 0 bridgehead atoms. The molecule has 1 fully saturated rings. The van der Waals surface area contributed by atoms with E-state index < -0.39 is 18.2 Å². The van der Waals surface area contributed by atoms with Crippen molar-refractivity contribution in [1.82, 2.24) is 15.2 Å². The molecule has 150 valence electrons. The summed E-state index contributed by atoms with van der Waals surface area (Å²) in [5.41, 5.74) is 2.78. The summed E-state index contributed by atoms with van der Waals surface area (Å²) in [6.07, 6.45) is 2.27. The van der Waals surface area contributed by atoms with E-state index in [4.69, 9.17) is 4.74 Å². The zero-order chi connectivity index (χ0) is 20.1. The predicted octanol–water partition coefficient (Wildman–Crippen LogP) is 2.85. The Morgan fingerprint density at radius 1 is 1.39 bits per heavy atom. The number of anilines is 1. The van der Waals surface area contributed by atoms with Gasteiger partial charge in [0.1, 0.15) is 5.82 Å². The fourth-order valence-corrected chi connectivity index (χ4v) is 3.39. The SMILES string of the molecule is CCN(CCOC1NC(c2ccncc2F)CC(=O)N1C)c1cccc(C)c1. The van der Waals surface area contributed by atoms with Crippen LogP contribution in [0.2, 0.25) is 0 Å². The number of nitrogens with zero attached hydrogens (tertiary/aromatic N) is 3. The van der Waals surface area contributed by atoms with Crippen LogP contribution in [0.3, 0.4) is 0 Å². The molecular weight excluding hydrogens is 359 g/mol. The van der Waals surface area contributed by atoms with Gasteiger partial charge in [-0.2, -0.15) is 0 Å². The van der Waals surface area contributed by atoms with Gasteiger partial charge in [0, 0.05) is 50.0 Å². The Balaban J connectivity index is 1.62. The van der Waals surface area contributed by atoms with Gasteiger partial charge in [-0.15, -0.1) is 0 Å². The summed E-state index contributed by atoms with van der Waals surface area (Å²) in [6, 6.07) is 9.48. The van der Waals surface area contributed by atoms with E-state index in [1.807, 2.05) is 6.07 Å². The predicted molar refractivity (Wildman–Crippen MR) is 106 cm³/mol. The molecular formula is C21H27FN4O2. The third-order valence-electron chi connectivity index (χ3n) is 5.03. The number of ether oxygens (including phenoxy) is 1. The third kappa shape index (κ3) is 4.66. The summed E-state index contributed by atoms with van der Waals surface area (Å²) in [7, 11) is 1.69. The topological polar surface area (TPSA) is 57.7 Å². The Morgan fingerprint density at radius 2 is 2.21 bits per heavy atom. The highest BCUT2D eigenvalue weighted by atomic mass is 19.1. The van der Waals surface area contributed by atoms with Crippen LogP contribution >= 0.6 is 0 Å². The van der Waals surface area contributed by atoms with Crippen LogP contribution in [0.4, 0.5) is 10.1 Å². The molecule has 0 spiro atoms. The zero-order valence-electron chi connectivity index (χ0n) is 16.6. The summed E-state index contributed by atoms with van der Waals surface area (Å²) < 4.78 is 20.0. The number of carbonyl (C=O) groups excluding carboxylic acids is 1. The van der Waals surface area contributed by atoms with E-state index in [0.717, 1.165) is 18.4 Å². The van der Waals surface area contributed by atoms with Crippen LogP contribution in [0, 0.1) is 12.7 Å². The summed E-state index contributed by atoms with van der Waals surface area (Å²) in [4.78, 5) is 19.9. The van der Waals surface area contributed by atoms with Crippen molar-refractivity contribution >= 4 is 11.6 Å². The molecule has 0 saturated carbocycles. The molecule has 2 aromatic rings. The van der Waals surface area contributed by atoms with Gasteiger partial charge in [-0.3, -0.25) is 15.1 Å². The number of halogens is 1. The molecule has 2 unspecified atom stereocenters. The van der Waals surface area contributed by atoms with Crippen LogP contribution in [-0.2, 0) is 9.53 Å². The van der Waals surface area contributed by atoms with Gasteiger partial charge < -0.3 is 14.5 Å². The van der Waals surface area contributed by atoms with Gasteiger partial charge in [-0.1, -0.05) is 12.1 Å². The van der Waals surface area contributed by atoms with Crippen molar-refractivity contribution in [3.8, 4) is 0 Å². The van der Waals surface area contributed by atoms with Gasteiger partial charge in [0.05, 0.1) is 12.8 Å². The van der Waals surface area contributed by atoms with Crippen LogP contribution in [0.1, 0.15) is 30.5 Å². The minimum Gasteiger partial charge on any atom is -0.369 e. The van der Waals surface area contributed by atoms with E-state index in [2.05, 4.69) is 47.2 Å². The van der Waals surface area contributed by atoms with E-state index in [0.29, 0.717) is 18.7 Å². The molecule has 28 heavy (non-hydrogen) atoms. The Hall–Kier alpha value is -2.51. The van der Waals surface area contributed by atoms with Crippen LogP contribution < -0.4 is 10.2 Å². The number of rotatable bonds is 7. The summed E-state index contributed by atoms with van der Waals surface area (Å²) in [5.74, 6) is -0.510. The van der Waals surface area contributed by atoms with Crippen LogP contribution in [-0.4, -0.2) is 48.9 Å². The molecule has 1 aromatic heterocycles. The molecule has 1 aliphatic rings. The number of amides is 1. The van der Waals surface area contributed by atoms with Crippen LogP contribution in [0.15, 0.2) is 42.7 Å². The summed E-state index contributed by atoms with van der Waals surface area (Å²) in [5, 5.41) is 3.23. The van der Waals surface area contributed by atoms with Gasteiger partial charge in [0.25, 0.3) is 0 Å². The molecule has 1 aromatic carbocycles. The number of likely N-dealkylation sites (N-methyl/N-ethyl adjacent to an activating group) is 1. The zero-order valence-corrected chi connectivity index (χ0v) is 16.6. The number of carbonyl (C=O) groups is 1. The maximum absolute atomic E-state index is 14.1. The highest BCUT2D eigenvalue weighted by molar-refractivity contribution is 5.77. The van der Waals surface area contributed by atoms with Crippen LogP contribution in [0.25, 0.3) is 0 Å². The highest BCUT2D eigenvalue weighted by Gasteiger charge is 2.33. The molecule has 2 heterocycles. The smallest absolute Gasteiger partial charge is 0.227 e. The molecule has 1 N–H and O–H groups in total. The quantitative estimate of drug-likeness (QED) is 0.793. The molecule has 2 atom stereocenters. The number of nitrogens with one attached hydrogen (secondary N) is 1. The van der Waals surface area contributed by atoms with Crippen molar-refractivity contribution < 1.29 is 13.9 Å². The molecule has 1 aliphatic heterocycles. The number of aryl methyl sites for hydroxylation is 1. The first kappa shape index (κ1) is 20.2. The maximum Gasteiger partial charge on any atom is 0.227 e. The molecule has 1 amide bonds. The lowest BCUT2D eigenvalue weighted by molar-refractivity contribution is -0.156. The number of hydrogen-bond donors (Lipinski definition) is 1. The second-order valence-electron chi connectivity index (χ2n) is 6.97.